The summed E-state index contributed by atoms with van der Waals surface area (Å²) in [6, 6.07) is 13.1. The molecule has 0 atom stereocenters. The summed E-state index contributed by atoms with van der Waals surface area (Å²) >= 11 is 0. The quantitative estimate of drug-likeness (QED) is 0.802. The number of nitrogens with zero attached hydrogens (tertiary/aromatic N) is 1. The van der Waals surface area contributed by atoms with Gasteiger partial charge in [-0.1, -0.05) is 30.3 Å². The van der Waals surface area contributed by atoms with Gasteiger partial charge in [0.15, 0.2) is 5.58 Å². The number of carbonyl (C=O) groups excluding carboxylic acids is 1. The molecule has 0 saturated heterocycles. The van der Waals surface area contributed by atoms with Crippen LogP contribution in [0.15, 0.2) is 57.7 Å². The van der Waals surface area contributed by atoms with Gasteiger partial charge in [0.2, 0.25) is 5.91 Å². The first kappa shape index (κ1) is 14.1. The topological polar surface area (TPSA) is 64.2 Å². The molecule has 6 heteroatoms. The number of benzene rings is 2. The molecule has 1 aromatic heterocycles. The Bertz CT molecular complexity index is 882. The van der Waals surface area contributed by atoms with Crippen molar-refractivity contribution < 1.29 is 13.6 Å². The molecular formula is C16H13FN2O3. The summed E-state index contributed by atoms with van der Waals surface area (Å²) < 4.78 is 19.8. The van der Waals surface area contributed by atoms with Crippen LogP contribution < -0.4 is 11.1 Å². The van der Waals surface area contributed by atoms with Gasteiger partial charge in [-0.25, -0.2) is 9.18 Å². The molecule has 2 aromatic carbocycles. The van der Waals surface area contributed by atoms with Gasteiger partial charge in [0.05, 0.1) is 5.52 Å². The molecule has 0 spiro atoms. The molecule has 0 aliphatic heterocycles. The van der Waals surface area contributed by atoms with Gasteiger partial charge in [-0.3, -0.25) is 9.36 Å². The molecule has 112 valence electrons. The van der Waals surface area contributed by atoms with Crippen molar-refractivity contribution in [3.63, 3.8) is 0 Å². The number of nitrogens with one attached hydrogen (secondary N) is 1. The Hall–Kier alpha value is -2.89. The van der Waals surface area contributed by atoms with Crippen LogP contribution in [0.1, 0.15) is 5.56 Å². The van der Waals surface area contributed by atoms with Crippen LogP contribution in [-0.4, -0.2) is 10.5 Å². The molecule has 0 radical (unpaired) electrons. The van der Waals surface area contributed by atoms with Gasteiger partial charge in [-0.2, -0.15) is 0 Å². The second-order valence-electron chi connectivity index (χ2n) is 4.79. The smallest absolute Gasteiger partial charge is 0.408 e. The Morgan fingerprint density at radius 3 is 2.68 bits per heavy atom. The fourth-order valence-corrected chi connectivity index (χ4v) is 2.20. The zero-order chi connectivity index (χ0) is 15.5. The van der Waals surface area contributed by atoms with E-state index < -0.39 is 11.7 Å². The summed E-state index contributed by atoms with van der Waals surface area (Å²) in [7, 11) is 0. The molecule has 1 N–H and O–H groups in total. The molecule has 5 nitrogen and oxygen atoms in total. The lowest BCUT2D eigenvalue weighted by Crippen LogP contribution is -2.30. The lowest BCUT2D eigenvalue weighted by Gasteiger charge is -2.06. The van der Waals surface area contributed by atoms with E-state index in [1.54, 1.807) is 42.5 Å². The lowest BCUT2D eigenvalue weighted by molar-refractivity contribution is -0.121. The summed E-state index contributed by atoms with van der Waals surface area (Å²) in [6.45, 7) is -0.111. The van der Waals surface area contributed by atoms with Crippen molar-refractivity contribution in [2.24, 2.45) is 0 Å². The molecule has 0 aliphatic rings. The third-order valence-electron chi connectivity index (χ3n) is 3.31. The summed E-state index contributed by atoms with van der Waals surface area (Å²) in [6.07, 6.45) is 0. The van der Waals surface area contributed by atoms with E-state index in [1.807, 2.05) is 0 Å². The Morgan fingerprint density at radius 2 is 1.86 bits per heavy atom. The second kappa shape index (κ2) is 5.85. The molecule has 0 aliphatic carbocycles. The van der Waals surface area contributed by atoms with Gasteiger partial charge in [-0.15, -0.1) is 0 Å². The van der Waals surface area contributed by atoms with E-state index in [1.165, 1.54) is 10.6 Å². The number of halogens is 1. The molecule has 3 rings (SSSR count). The third kappa shape index (κ3) is 2.76. The predicted octanol–water partition coefficient (Wildman–Crippen LogP) is 2.05. The van der Waals surface area contributed by atoms with E-state index in [0.717, 1.165) is 0 Å². The standard InChI is InChI=1S/C16H13FN2O3/c17-12-6-2-1-5-11(12)9-18-15(20)10-19-13-7-3-4-8-14(13)22-16(19)21/h1-8H,9-10H2,(H,18,20). The zero-order valence-corrected chi connectivity index (χ0v) is 11.6. The minimum atomic E-state index is -0.595. The van der Waals surface area contributed by atoms with Crippen LogP contribution in [0.5, 0.6) is 0 Å². The van der Waals surface area contributed by atoms with Gasteiger partial charge in [0, 0.05) is 12.1 Å². The highest BCUT2D eigenvalue weighted by atomic mass is 19.1. The average molecular weight is 300 g/mol. The van der Waals surface area contributed by atoms with Crippen LogP contribution in [0.4, 0.5) is 4.39 Å². The largest absolute Gasteiger partial charge is 0.420 e. The van der Waals surface area contributed by atoms with E-state index in [9.17, 15) is 14.0 Å². The predicted molar refractivity (Wildman–Crippen MR) is 78.7 cm³/mol. The molecule has 0 unspecified atom stereocenters. The SMILES string of the molecule is O=C(Cn1c(=O)oc2ccccc21)NCc1ccccc1F. The zero-order valence-electron chi connectivity index (χ0n) is 11.6. The first-order valence-electron chi connectivity index (χ1n) is 6.73. The molecule has 1 amide bonds. The number of carbonyl (C=O) groups is 1. The Balaban J connectivity index is 1.73. The van der Waals surface area contributed by atoms with Crippen molar-refractivity contribution >= 4 is 17.0 Å². The molecule has 0 saturated carbocycles. The monoisotopic (exact) mass is 300 g/mol. The van der Waals surface area contributed by atoms with Crippen LogP contribution in [0.3, 0.4) is 0 Å². The highest BCUT2D eigenvalue weighted by Gasteiger charge is 2.12. The number of rotatable bonds is 4. The van der Waals surface area contributed by atoms with Crippen LogP contribution in [0, 0.1) is 5.82 Å². The number of aromatic nitrogens is 1. The van der Waals surface area contributed by atoms with Gasteiger partial charge in [0.1, 0.15) is 12.4 Å². The number of amides is 1. The number of para-hydroxylation sites is 2. The molecule has 1 heterocycles. The van der Waals surface area contributed by atoms with E-state index >= 15 is 0 Å². The highest BCUT2D eigenvalue weighted by molar-refractivity contribution is 5.79. The number of hydrogen-bond acceptors (Lipinski definition) is 3. The normalized spacial score (nSPS) is 10.8. The van der Waals surface area contributed by atoms with Gasteiger partial charge < -0.3 is 9.73 Å². The maximum absolute atomic E-state index is 13.5. The molecule has 3 aromatic rings. The summed E-state index contributed by atoms with van der Waals surface area (Å²) in [5.74, 6) is -1.37. The van der Waals surface area contributed by atoms with Crippen molar-refractivity contribution in [1.29, 1.82) is 0 Å². The second-order valence-corrected chi connectivity index (χ2v) is 4.79. The van der Waals surface area contributed by atoms with Crippen molar-refractivity contribution in [2.75, 3.05) is 0 Å². The highest BCUT2D eigenvalue weighted by Crippen LogP contribution is 2.11. The van der Waals surface area contributed by atoms with Crippen LogP contribution in [-0.2, 0) is 17.9 Å². The van der Waals surface area contributed by atoms with Crippen molar-refractivity contribution in [1.82, 2.24) is 9.88 Å². The van der Waals surface area contributed by atoms with Crippen LogP contribution in [0.25, 0.3) is 11.1 Å². The molecule has 0 bridgehead atoms. The van der Waals surface area contributed by atoms with E-state index in [2.05, 4.69) is 5.32 Å². The first-order chi connectivity index (χ1) is 10.6. The van der Waals surface area contributed by atoms with E-state index in [4.69, 9.17) is 4.42 Å². The Morgan fingerprint density at radius 1 is 1.14 bits per heavy atom. The van der Waals surface area contributed by atoms with E-state index in [-0.39, 0.29) is 18.9 Å². The fraction of sp³-hybridized carbons (Fsp3) is 0.125. The molecular weight excluding hydrogens is 287 g/mol. The van der Waals surface area contributed by atoms with E-state index in [0.29, 0.717) is 16.7 Å². The Kier molecular flexibility index (Phi) is 3.74. The molecule has 0 fully saturated rings. The summed E-state index contributed by atoms with van der Waals surface area (Å²) in [5, 5.41) is 2.59. The first-order valence-corrected chi connectivity index (χ1v) is 6.73. The van der Waals surface area contributed by atoms with Gasteiger partial charge in [-0.05, 0) is 18.2 Å². The van der Waals surface area contributed by atoms with Gasteiger partial charge >= 0.3 is 5.76 Å². The lowest BCUT2D eigenvalue weighted by atomic mass is 10.2. The maximum atomic E-state index is 13.5. The van der Waals surface area contributed by atoms with Gasteiger partial charge in [0.25, 0.3) is 0 Å². The average Bonchev–Trinajstić information content (AvgIpc) is 2.83. The number of oxazole rings is 1. The van der Waals surface area contributed by atoms with Crippen LogP contribution in [0.2, 0.25) is 0 Å². The van der Waals surface area contributed by atoms with Crippen molar-refractivity contribution in [3.05, 3.63) is 70.5 Å². The molecule has 22 heavy (non-hydrogen) atoms. The maximum Gasteiger partial charge on any atom is 0.420 e. The van der Waals surface area contributed by atoms with Crippen molar-refractivity contribution in [2.45, 2.75) is 13.1 Å². The minimum Gasteiger partial charge on any atom is -0.408 e. The Labute approximate surface area is 125 Å². The third-order valence-corrected chi connectivity index (χ3v) is 3.31. The number of hydrogen-bond donors (Lipinski definition) is 1. The van der Waals surface area contributed by atoms with Crippen molar-refractivity contribution in [3.8, 4) is 0 Å². The summed E-state index contributed by atoms with van der Waals surface area (Å²) in [4.78, 5) is 23.7. The fourth-order valence-electron chi connectivity index (χ4n) is 2.20. The minimum absolute atomic E-state index is 0.0655. The van der Waals surface area contributed by atoms with Crippen LogP contribution >= 0.6 is 0 Å². The summed E-state index contributed by atoms with van der Waals surface area (Å²) in [5.41, 5.74) is 1.36. The number of fused-ring (bicyclic) bond motifs is 1.